The van der Waals surface area contributed by atoms with Gasteiger partial charge < -0.3 is 15.1 Å². The lowest BCUT2D eigenvalue weighted by molar-refractivity contribution is -0.130. The molecule has 0 aromatic heterocycles. The lowest BCUT2D eigenvalue weighted by Crippen LogP contribution is -2.54. The van der Waals surface area contributed by atoms with Crippen LogP contribution in [0.15, 0.2) is 30.3 Å². The third kappa shape index (κ3) is 5.25. The number of benzene rings is 1. The van der Waals surface area contributed by atoms with E-state index in [9.17, 15) is 9.59 Å². The molecule has 0 spiro atoms. The van der Waals surface area contributed by atoms with E-state index >= 15 is 0 Å². The van der Waals surface area contributed by atoms with Gasteiger partial charge in [-0.05, 0) is 25.0 Å². The Balaban J connectivity index is 0.00000109. The number of urea groups is 1. The molecule has 0 atom stereocenters. The molecule has 1 saturated carbocycles. The highest BCUT2D eigenvalue weighted by molar-refractivity contribution is 5.77. The molecule has 1 saturated heterocycles. The normalized spacial score (nSPS) is 17.4. The maximum atomic E-state index is 12.4. The zero-order valence-corrected chi connectivity index (χ0v) is 15.3. The molecule has 0 unspecified atom stereocenters. The average molecular weight is 341 g/mol. The molecule has 0 radical (unpaired) electrons. The highest BCUT2D eigenvalue weighted by Gasteiger charge is 2.43. The first kappa shape index (κ1) is 18.9. The third-order valence-corrected chi connectivity index (χ3v) is 4.33. The van der Waals surface area contributed by atoms with Crippen LogP contribution >= 0.6 is 0 Å². The molecule has 1 aromatic carbocycles. The Hall–Kier alpha value is -2.48. The van der Waals surface area contributed by atoms with Crippen molar-refractivity contribution in [2.45, 2.75) is 39.2 Å². The Labute approximate surface area is 150 Å². The van der Waals surface area contributed by atoms with Crippen LogP contribution in [-0.2, 0) is 4.79 Å². The first-order valence-electron chi connectivity index (χ1n) is 8.99. The van der Waals surface area contributed by atoms with Crippen molar-refractivity contribution in [3.05, 3.63) is 35.9 Å². The third-order valence-electron chi connectivity index (χ3n) is 4.33. The van der Waals surface area contributed by atoms with Crippen molar-refractivity contribution in [3.8, 4) is 11.8 Å². The maximum Gasteiger partial charge on any atom is 0.318 e. The Bertz CT molecular complexity index is 649. The van der Waals surface area contributed by atoms with Gasteiger partial charge in [-0.1, -0.05) is 43.9 Å². The second-order valence-electron chi connectivity index (χ2n) is 6.12. The number of nitrogens with one attached hydrogen (secondary N) is 1. The van der Waals surface area contributed by atoms with Gasteiger partial charge in [0.1, 0.15) is 5.54 Å². The predicted octanol–water partition coefficient (Wildman–Crippen LogP) is 2.47. The van der Waals surface area contributed by atoms with E-state index in [4.69, 9.17) is 0 Å². The van der Waals surface area contributed by atoms with Crippen molar-refractivity contribution in [1.82, 2.24) is 15.1 Å². The monoisotopic (exact) mass is 341 g/mol. The number of carbonyl (C=O) groups excluding carboxylic acids is 2. The van der Waals surface area contributed by atoms with Crippen LogP contribution in [-0.4, -0.2) is 53.5 Å². The molecule has 3 rings (SSSR count). The molecular formula is C20H27N3O2. The van der Waals surface area contributed by atoms with Crippen molar-refractivity contribution >= 4 is 11.9 Å². The van der Waals surface area contributed by atoms with Crippen molar-refractivity contribution < 1.29 is 9.59 Å². The van der Waals surface area contributed by atoms with Gasteiger partial charge in [-0.15, -0.1) is 0 Å². The summed E-state index contributed by atoms with van der Waals surface area (Å²) in [7, 11) is 0. The second-order valence-corrected chi connectivity index (χ2v) is 6.12. The molecule has 134 valence electrons. The molecule has 1 aliphatic heterocycles. The minimum atomic E-state index is -0.370. The lowest BCUT2D eigenvalue weighted by atomic mass is 10.2. The van der Waals surface area contributed by atoms with E-state index in [1.807, 2.05) is 44.2 Å². The molecule has 1 heterocycles. The van der Waals surface area contributed by atoms with Gasteiger partial charge in [0.25, 0.3) is 0 Å². The molecule has 5 heteroatoms. The summed E-state index contributed by atoms with van der Waals surface area (Å²) in [6, 6.07) is 9.72. The fraction of sp³-hybridized carbons (Fsp3) is 0.500. The number of nitrogens with zero attached hydrogens (tertiary/aromatic N) is 2. The van der Waals surface area contributed by atoms with Crippen molar-refractivity contribution in [2.24, 2.45) is 0 Å². The summed E-state index contributed by atoms with van der Waals surface area (Å²) in [4.78, 5) is 27.2. The zero-order valence-electron chi connectivity index (χ0n) is 15.3. The Kier molecular flexibility index (Phi) is 6.46. The number of piperazine rings is 1. The van der Waals surface area contributed by atoms with Crippen molar-refractivity contribution in [3.63, 3.8) is 0 Å². The van der Waals surface area contributed by atoms with Crippen LogP contribution in [0.1, 0.15) is 39.2 Å². The molecule has 1 N–H and O–H groups in total. The minimum Gasteiger partial charge on any atom is -0.339 e. The molecule has 2 fully saturated rings. The minimum absolute atomic E-state index is 0.0671. The van der Waals surface area contributed by atoms with Gasteiger partial charge in [0.05, 0.1) is 0 Å². The predicted molar refractivity (Wildman–Crippen MR) is 99.0 cm³/mol. The molecular weight excluding hydrogens is 314 g/mol. The summed E-state index contributed by atoms with van der Waals surface area (Å²) >= 11 is 0. The van der Waals surface area contributed by atoms with Crippen LogP contribution in [0.25, 0.3) is 0 Å². The topological polar surface area (TPSA) is 52.7 Å². The fourth-order valence-electron chi connectivity index (χ4n) is 2.63. The molecule has 0 bridgehead atoms. The first-order chi connectivity index (χ1) is 12.1. The second kappa shape index (κ2) is 8.57. The number of rotatable bonds is 1. The Morgan fingerprint density at radius 1 is 1.00 bits per heavy atom. The van der Waals surface area contributed by atoms with Crippen molar-refractivity contribution in [1.29, 1.82) is 0 Å². The number of hydrogen-bond donors (Lipinski definition) is 1. The summed E-state index contributed by atoms with van der Waals surface area (Å²) in [6.45, 7) is 7.92. The van der Waals surface area contributed by atoms with E-state index in [0.29, 0.717) is 26.2 Å². The molecule has 3 amide bonds. The molecule has 25 heavy (non-hydrogen) atoms. The maximum absolute atomic E-state index is 12.4. The summed E-state index contributed by atoms with van der Waals surface area (Å²) in [5.74, 6) is 6.42. The van der Waals surface area contributed by atoms with E-state index in [2.05, 4.69) is 17.2 Å². The molecule has 2 aliphatic rings. The molecule has 1 aliphatic carbocycles. The van der Waals surface area contributed by atoms with Gasteiger partial charge in [0, 0.05) is 38.7 Å². The highest BCUT2D eigenvalue weighted by atomic mass is 16.2. The van der Waals surface area contributed by atoms with Gasteiger partial charge in [0.15, 0.2) is 0 Å². The van der Waals surface area contributed by atoms with Crippen molar-refractivity contribution in [2.75, 3.05) is 26.2 Å². The first-order valence-corrected chi connectivity index (χ1v) is 8.99. The smallest absolute Gasteiger partial charge is 0.318 e. The van der Waals surface area contributed by atoms with E-state index in [0.717, 1.165) is 18.4 Å². The van der Waals surface area contributed by atoms with Crippen LogP contribution in [0.4, 0.5) is 4.79 Å². The fourth-order valence-corrected chi connectivity index (χ4v) is 2.63. The number of carbonyl (C=O) groups is 2. The van der Waals surface area contributed by atoms with E-state index in [1.165, 1.54) is 0 Å². The quantitative estimate of drug-likeness (QED) is 0.798. The van der Waals surface area contributed by atoms with Crippen LogP contribution in [0.3, 0.4) is 0 Å². The van der Waals surface area contributed by atoms with Gasteiger partial charge in [-0.2, -0.15) is 0 Å². The van der Waals surface area contributed by atoms with E-state index in [-0.39, 0.29) is 17.5 Å². The lowest BCUT2D eigenvalue weighted by Gasteiger charge is -2.34. The van der Waals surface area contributed by atoms with Crippen LogP contribution in [0.5, 0.6) is 0 Å². The standard InChI is InChI=1S/C18H21N3O2.C2H6/c1-15(22)20-11-13-21(14-12-20)17(23)19-18(9-10-18)8-7-16-5-3-2-4-6-16;1-2/h2-6H,9-14H2,1H3,(H,19,23);1-2H3. The average Bonchev–Trinajstić information content (AvgIpc) is 3.42. The van der Waals surface area contributed by atoms with Gasteiger partial charge in [-0.3, -0.25) is 4.79 Å². The van der Waals surface area contributed by atoms with E-state index < -0.39 is 0 Å². The van der Waals surface area contributed by atoms with Crippen LogP contribution < -0.4 is 5.32 Å². The Morgan fingerprint density at radius 3 is 2.08 bits per heavy atom. The highest BCUT2D eigenvalue weighted by Crippen LogP contribution is 2.34. The summed E-state index contributed by atoms with van der Waals surface area (Å²) in [6.07, 6.45) is 1.79. The zero-order chi connectivity index (χ0) is 18.3. The van der Waals surface area contributed by atoms with Gasteiger partial charge in [-0.25, -0.2) is 4.79 Å². The van der Waals surface area contributed by atoms with Crippen LogP contribution in [0.2, 0.25) is 0 Å². The summed E-state index contributed by atoms with van der Waals surface area (Å²) in [5.41, 5.74) is 0.591. The van der Waals surface area contributed by atoms with Crippen LogP contribution in [0, 0.1) is 11.8 Å². The van der Waals surface area contributed by atoms with Gasteiger partial charge in [0.2, 0.25) is 5.91 Å². The number of hydrogen-bond acceptors (Lipinski definition) is 2. The largest absolute Gasteiger partial charge is 0.339 e. The summed E-state index contributed by atoms with van der Waals surface area (Å²) < 4.78 is 0. The van der Waals surface area contributed by atoms with Gasteiger partial charge >= 0.3 is 6.03 Å². The molecule has 5 nitrogen and oxygen atoms in total. The summed E-state index contributed by atoms with van der Waals surface area (Å²) in [5, 5.41) is 3.06. The van der Waals surface area contributed by atoms with E-state index in [1.54, 1.807) is 16.7 Å². The Morgan fingerprint density at radius 2 is 1.56 bits per heavy atom. The number of amides is 3. The SMILES string of the molecule is CC.CC(=O)N1CCN(C(=O)NC2(C#Cc3ccccc3)CC2)CC1. The molecule has 1 aromatic rings.